The number of nitrogens with one attached hydrogen (secondary N) is 1. The molecule has 1 aliphatic heterocycles. The maximum atomic E-state index is 11.8. The van der Waals surface area contributed by atoms with Crippen LogP contribution in [-0.4, -0.2) is 25.1 Å². The Morgan fingerprint density at radius 2 is 2.24 bits per heavy atom. The van der Waals surface area contributed by atoms with Gasteiger partial charge in [-0.2, -0.15) is 0 Å². The van der Waals surface area contributed by atoms with Crippen LogP contribution in [0.25, 0.3) is 0 Å². The Bertz CT molecular complexity index is 422. The Hall–Kier alpha value is -1.42. The molecule has 0 aromatic heterocycles. The monoisotopic (exact) mass is 255 g/mol. The standard InChI is InChI=1S/C12H14ClNO3/c1-8(5-13)6-14-12(15)9-2-3-10-11(4-9)17-7-16-10/h2-4,8H,5-7H2,1H3,(H,14,15). The molecule has 1 aliphatic rings. The number of hydrogen-bond donors (Lipinski definition) is 1. The number of rotatable bonds is 4. The summed E-state index contributed by atoms with van der Waals surface area (Å²) >= 11 is 5.67. The van der Waals surface area contributed by atoms with Crippen molar-refractivity contribution in [3.8, 4) is 11.5 Å². The number of alkyl halides is 1. The number of carbonyl (C=O) groups excluding carboxylic acids is 1. The zero-order valence-electron chi connectivity index (χ0n) is 9.53. The average Bonchev–Trinajstić information content (AvgIpc) is 2.82. The lowest BCUT2D eigenvalue weighted by Gasteiger charge is -2.09. The molecule has 0 saturated carbocycles. The van der Waals surface area contributed by atoms with Crippen molar-refractivity contribution in [2.75, 3.05) is 19.2 Å². The molecule has 1 aromatic carbocycles. The van der Waals surface area contributed by atoms with Crippen LogP contribution < -0.4 is 14.8 Å². The summed E-state index contributed by atoms with van der Waals surface area (Å²) in [5.74, 6) is 1.95. The zero-order valence-corrected chi connectivity index (χ0v) is 10.3. The predicted octanol–water partition coefficient (Wildman–Crippen LogP) is 2.02. The van der Waals surface area contributed by atoms with E-state index in [1.807, 2.05) is 6.92 Å². The maximum absolute atomic E-state index is 11.8. The minimum Gasteiger partial charge on any atom is -0.454 e. The normalized spacial score (nSPS) is 14.5. The van der Waals surface area contributed by atoms with E-state index in [1.54, 1.807) is 18.2 Å². The fourth-order valence-corrected chi connectivity index (χ4v) is 1.57. The lowest BCUT2D eigenvalue weighted by Crippen LogP contribution is -2.28. The molecule has 1 amide bonds. The molecule has 92 valence electrons. The lowest BCUT2D eigenvalue weighted by molar-refractivity contribution is 0.0949. The van der Waals surface area contributed by atoms with Gasteiger partial charge in [0.1, 0.15) is 0 Å². The Labute approximate surface area is 105 Å². The number of hydrogen-bond acceptors (Lipinski definition) is 3. The van der Waals surface area contributed by atoms with Gasteiger partial charge in [0.05, 0.1) is 0 Å². The number of carbonyl (C=O) groups is 1. The minimum absolute atomic E-state index is 0.125. The van der Waals surface area contributed by atoms with Crippen molar-refractivity contribution in [1.82, 2.24) is 5.32 Å². The van der Waals surface area contributed by atoms with Crippen LogP contribution in [0.2, 0.25) is 0 Å². The molecule has 4 nitrogen and oxygen atoms in total. The largest absolute Gasteiger partial charge is 0.454 e. The minimum atomic E-state index is -0.125. The second-order valence-corrected chi connectivity index (χ2v) is 4.35. The summed E-state index contributed by atoms with van der Waals surface area (Å²) in [6.07, 6.45) is 0. The molecular weight excluding hydrogens is 242 g/mol. The van der Waals surface area contributed by atoms with Crippen molar-refractivity contribution in [3.63, 3.8) is 0 Å². The van der Waals surface area contributed by atoms with Crippen LogP contribution in [0.15, 0.2) is 18.2 Å². The molecule has 0 radical (unpaired) electrons. The van der Waals surface area contributed by atoms with Gasteiger partial charge in [-0.05, 0) is 24.1 Å². The average molecular weight is 256 g/mol. The van der Waals surface area contributed by atoms with Gasteiger partial charge in [-0.3, -0.25) is 4.79 Å². The van der Waals surface area contributed by atoms with E-state index >= 15 is 0 Å². The van der Waals surface area contributed by atoms with Crippen molar-refractivity contribution in [3.05, 3.63) is 23.8 Å². The number of halogens is 1. The first-order chi connectivity index (χ1) is 8.20. The first kappa shape index (κ1) is 12.0. The van der Waals surface area contributed by atoms with Gasteiger partial charge in [-0.1, -0.05) is 6.92 Å². The van der Waals surface area contributed by atoms with Crippen molar-refractivity contribution >= 4 is 17.5 Å². The smallest absolute Gasteiger partial charge is 0.251 e. The number of ether oxygens (including phenoxy) is 2. The van der Waals surface area contributed by atoms with E-state index in [0.29, 0.717) is 29.5 Å². The molecule has 0 aliphatic carbocycles. The van der Waals surface area contributed by atoms with Crippen molar-refractivity contribution in [2.45, 2.75) is 6.92 Å². The third-order valence-corrected chi connectivity index (χ3v) is 3.04. The molecule has 1 N–H and O–H groups in total. The van der Waals surface area contributed by atoms with Crippen LogP contribution in [0.1, 0.15) is 17.3 Å². The summed E-state index contributed by atoms with van der Waals surface area (Å²) in [5, 5.41) is 2.82. The summed E-state index contributed by atoms with van der Waals surface area (Å²) in [6, 6.07) is 5.14. The van der Waals surface area contributed by atoms with Crippen molar-refractivity contribution < 1.29 is 14.3 Å². The molecular formula is C12H14ClNO3. The van der Waals surface area contributed by atoms with Gasteiger partial charge < -0.3 is 14.8 Å². The highest BCUT2D eigenvalue weighted by atomic mass is 35.5. The number of fused-ring (bicyclic) bond motifs is 1. The summed E-state index contributed by atoms with van der Waals surface area (Å²) in [5.41, 5.74) is 0.566. The van der Waals surface area contributed by atoms with Crippen LogP contribution in [0.5, 0.6) is 11.5 Å². The molecule has 17 heavy (non-hydrogen) atoms. The van der Waals surface area contributed by atoms with Gasteiger partial charge in [0, 0.05) is 18.0 Å². The fourth-order valence-electron chi connectivity index (χ4n) is 1.46. The molecule has 0 fully saturated rings. The Kier molecular flexibility index (Phi) is 3.74. The van der Waals surface area contributed by atoms with E-state index in [9.17, 15) is 4.79 Å². The third kappa shape index (κ3) is 2.82. The predicted molar refractivity (Wildman–Crippen MR) is 64.8 cm³/mol. The van der Waals surface area contributed by atoms with E-state index in [2.05, 4.69) is 5.32 Å². The molecule has 1 heterocycles. The Morgan fingerprint density at radius 3 is 3.00 bits per heavy atom. The molecule has 0 spiro atoms. The zero-order chi connectivity index (χ0) is 12.3. The van der Waals surface area contributed by atoms with E-state index in [0.717, 1.165) is 0 Å². The lowest BCUT2D eigenvalue weighted by atomic mass is 10.1. The van der Waals surface area contributed by atoms with Gasteiger partial charge in [0.15, 0.2) is 11.5 Å². The van der Waals surface area contributed by atoms with E-state index in [-0.39, 0.29) is 18.6 Å². The van der Waals surface area contributed by atoms with E-state index in [4.69, 9.17) is 21.1 Å². The highest BCUT2D eigenvalue weighted by Gasteiger charge is 2.16. The van der Waals surface area contributed by atoms with Gasteiger partial charge in [0.25, 0.3) is 5.91 Å². The molecule has 1 aromatic rings. The van der Waals surface area contributed by atoms with E-state index < -0.39 is 0 Å². The van der Waals surface area contributed by atoms with Crippen LogP contribution in [0, 0.1) is 5.92 Å². The number of benzene rings is 1. The fraction of sp³-hybridized carbons (Fsp3) is 0.417. The Morgan fingerprint density at radius 1 is 1.47 bits per heavy atom. The van der Waals surface area contributed by atoms with Crippen molar-refractivity contribution in [1.29, 1.82) is 0 Å². The van der Waals surface area contributed by atoms with Gasteiger partial charge in [-0.15, -0.1) is 11.6 Å². The van der Waals surface area contributed by atoms with Gasteiger partial charge in [-0.25, -0.2) is 0 Å². The summed E-state index contributed by atoms with van der Waals surface area (Å²) < 4.78 is 10.4. The highest BCUT2D eigenvalue weighted by Crippen LogP contribution is 2.32. The SMILES string of the molecule is CC(CCl)CNC(=O)c1ccc2c(c1)OCO2. The summed E-state index contributed by atoms with van der Waals surface area (Å²) in [4.78, 5) is 11.8. The number of amides is 1. The van der Waals surface area contributed by atoms with Gasteiger partial charge >= 0.3 is 0 Å². The topological polar surface area (TPSA) is 47.6 Å². The molecule has 2 rings (SSSR count). The Balaban J connectivity index is 2.00. The molecule has 0 saturated heterocycles. The van der Waals surface area contributed by atoms with Crippen molar-refractivity contribution in [2.24, 2.45) is 5.92 Å². The molecule has 0 bridgehead atoms. The maximum Gasteiger partial charge on any atom is 0.251 e. The second-order valence-electron chi connectivity index (χ2n) is 4.04. The third-order valence-electron chi connectivity index (χ3n) is 2.51. The quantitative estimate of drug-likeness (QED) is 0.838. The molecule has 1 unspecified atom stereocenters. The highest BCUT2D eigenvalue weighted by molar-refractivity contribution is 6.18. The summed E-state index contributed by atoms with van der Waals surface area (Å²) in [6.45, 7) is 2.76. The van der Waals surface area contributed by atoms with Gasteiger partial charge in [0.2, 0.25) is 6.79 Å². The molecule has 1 atom stereocenters. The van der Waals surface area contributed by atoms with Crippen LogP contribution in [0.4, 0.5) is 0 Å². The molecule has 5 heteroatoms. The first-order valence-corrected chi connectivity index (χ1v) is 5.98. The summed E-state index contributed by atoms with van der Waals surface area (Å²) in [7, 11) is 0. The van der Waals surface area contributed by atoms with Crippen LogP contribution in [0.3, 0.4) is 0 Å². The first-order valence-electron chi connectivity index (χ1n) is 5.44. The van der Waals surface area contributed by atoms with E-state index in [1.165, 1.54) is 0 Å². The second kappa shape index (κ2) is 5.27. The van der Waals surface area contributed by atoms with Crippen LogP contribution in [-0.2, 0) is 0 Å². The van der Waals surface area contributed by atoms with Crippen LogP contribution >= 0.6 is 11.6 Å².